The van der Waals surface area contributed by atoms with Crippen molar-refractivity contribution in [2.24, 2.45) is 11.8 Å². The summed E-state index contributed by atoms with van der Waals surface area (Å²) in [4.78, 5) is 0. The summed E-state index contributed by atoms with van der Waals surface area (Å²) in [5, 5.41) is 19.0. The van der Waals surface area contributed by atoms with Gasteiger partial charge in [-0.25, -0.2) is 0 Å². The topological polar surface area (TPSA) is 40.5 Å². The van der Waals surface area contributed by atoms with Crippen LogP contribution < -0.4 is 0 Å². The van der Waals surface area contributed by atoms with E-state index >= 15 is 0 Å². The van der Waals surface area contributed by atoms with E-state index in [1.807, 2.05) is 20.8 Å². The van der Waals surface area contributed by atoms with Crippen LogP contribution in [0.1, 0.15) is 40.5 Å². The molecule has 0 aromatic rings. The Labute approximate surface area is 81.3 Å². The third-order valence-electron chi connectivity index (χ3n) is 2.13. The molecule has 0 aliphatic heterocycles. The molecule has 0 saturated heterocycles. The van der Waals surface area contributed by atoms with Gasteiger partial charge in [0.1, 0.15) is 11.9 Å². The van der Waals surface area contributed by atoms with E-state index in [9.17, 15) is 10.2 Å². The highest BCUT2D eigenvalue weighted by molar-refractivity contribution is 5.00. The molecule has 2 N–H and O–H groups in total. The molecule has 0 bridgehead atoms. The SMILES string of the molecule is CCCC(C)/C=C(\O)C(O)C(C)C. The maximum Gasteiger partial charge on any atom is 0.117 e. The smallest absolute Gasteiger partial charge is 0.117 e. The molecular weight excluding hydrogens is 164 g/mol. The van der Waals surface area contributed by atoms with E-state index in [0.717, 1.165) is 12.8 Å². The van der Waals surface area contributed by atoms with Crippen molar-refractivity contribution >= 4 is 0 Å². The van der Waals surface area contributed by atoms with Crippen molar-refractivity contribution < 1.29 is 10.2 Å². The molecule has 0 saturated carbocycles. The lowest BCUT2D eigenvalue weighted by Crippen LogP contribution is -2.18. The van der Waals surface area contributed by atoms with Crippen LogP contribution in [0, 0.1) is 11.8 Å². The second kappa shape index (κ2) is 6.03. The molecule has 2 heteroatoms. The average molecular weight is 186 g/mol. The van der Waals surface area contributed by atoms with Gasteiger partial charge >= 0.3 is 0 Å². The molecule has 0 aromatic heterocycles. The van der Waals surface area contributed by atoms with Crippen LogP contribution in [0.2, 0.25) is 0 Å². The van der Waals surface area contributed by atoms with Crippen LogP contribution in [0.25, 0.3) is 0 Å². The van der Waals surface area contributed by atoms with Crippen molar-refractivity contribution in [1.82, 2.24) is 0 Å². The number of aliphatic hydroxyl groups is 2. The number of allylic oxidation sites excluding steroid dienone is 1. The maximum absolute atomic E-state index is 9.50. The maximum atomic E-state index is 9.50. The molecule has 2 unspecified atom stereocenters. The van der Waals surface area contributed by atoms with E-state index in [2.05, 4.69) is 6.92 Å². The van der Waals surface area contributed by atoms with Crippen molar-refractivity contribution in [3.05, 3.63) is 11.8 Å². The Kier molecular flexibility index (Phi) is 5.80. The fourth-order valence-corrected chi connectivity index (χ4v) is 1.27. The van der Waals surface area contributed by atoms with Gasteiger partial charge in [0.2, 0.25) is 0 Å². The lowest BCUT2D eigenvalue weighted by molar-refractivity contribution is 0.110. The van der Waals surface area contributed by atoms with Crippen LogP contribution in [-0.2, 0) is 0 Å². The van der Waals surface area contributed by atoms with Crippen molar-refractivity contribution in [3.8, 4) is 0 Å². The molecule has 0 spiro atoms. The van der Waals surface area contributed by atoms with Crippen molar-refractivity contribution in [2.75, 3.05) is 0 Å². The van der Waals surface area contributed by atoms with Gasteiger partial charge in [0.25, 0.3) is 0 Å². The van der Waals surface area contributed by atoms with E-state index in [1.54, 1.807) is 6.08 Å². The summed E-state index contributed by atoms with van der Waals surface area (Å²) in [7, 11) is 0. The molecule has 2 nitrogen and oxygen atoms in total. The highest BCUT2D eigenvalue weighted by atomic mass is 16.3. The van der Waals surface area contributed by atoms with Crippen molar-refractivity contribution in [1.29, 1.82) is 0 Å². The van der Waals surface area contributed by atoms with E-state index < -0.39 is 6.10 Å². The molecule has 0 aliphatic carbocycles. The largest absolute Gasteiger partial charge is 0.510 e. The molecule has 13 heavy (non-hydrogen) atoms. The van der Waals surface area contributed by atoms with Crippen LogP contribution in [0.4, 0.5) is 0 Å². The number of aliphatic hydroxyl groups excluding tert-OH is 2. The van der Waals surface area contributed by atoms with Crippen LogP contribution in [-0.4, -0.2) is 16.3 Å². The third kappa shape index (κ3) is 4.94. The van der Waals surface area contributed by atoms with Gasteiger partial charge in [0, 0.05) is 0 Å². The second-order valence-electron chi connectivity index (χ2n) is 4.05. The normalized spacial score (nSPS) is 17.5. The first-order valence-electron chi connectivity index (χ1n) is 5.07. The summed E-state index contributed by atoms with van der Waals surface area (Å²) in [6.45, 7) is 7.94. The van der Waals surface area contributed by atoms with E-state index in [-0.39, 0.29) is 11.7 Å². The van der Waals surface area contributed by atoms with Gasteiger partial charge in [-0.3, -0.25) is 0 Å². The standard InChI is InChI=1S/C11H22O2/c1-5-6-9(4)7-10(12)11(13)8(2)3/h7-9,11-13H,5-6H2,1-4H3/b10-7-. The average Bonchev–Trinajstić information content (AvgIpc) is 2.03. The molecule has 2 atom stereocenters. The fourth-order valence-electron chi connectivity index (χ4n) is 1.27. The van der Waals surface area contributed by atoms with Crippen LogP contribution in [0.15, 0.2) is 11.8 Å². The van der Waals surface area contributed by atoms with Crippen LogP contribution in [0.3, 0.4) is 0 Å². The minimum absolute atomic E-state index is 0.0741. The molecule has 0 fully saturated rings. The van der Waals surface area contributed by atoms with Gasteiger partial charge in [-0.1, -0.05) is 34.1 Å². The molecule has 0 aliphatic rings. The fraction of sp³-hybridized carbons (Fsp3) is 0.818. The zero-order valence-corrected chi connectivity index (χ0v) is 9.12. The first-order chi connectivity index (χ1) is 5.99. The summed E-state index contributed by atoms with van der Waals surface area (Å²) in [6.07, 6.45) is 3.20. The lowest BCUT2D eigenvalue weighted by Gasteiger charge is -2.15. The Morgan fingerprint density at radius 1 is 1.31 bits per heavy atom. The number of hydrogen-bond acceptors (Lipinski definition) is 2. The Morgan fingerprint density at radius 2 is 1.85 bits per heavy atom. The quantitative estimate of drug-likeness (QED) is 0.648. The number of rotatable bonds is 5. The third-order valence-corrected chi connectivity index (χ3v) is 2.13. The highest BCUT2D eigenvalue weighted by Crippen LogP contribution is 2.14. The van der Waals surface area contributed by atoms with Gasteiger partial charge in [0.05, 0.1) is 0 Å². The summed E-state index contributed by atoms with van der Waals surface area (Å²) in [5.41, 5.74) is 0. The summed E-state index contributed by atoms with van der Waals surface area (Å²) < 4.78 is 0. The highest BCUT2D eigenvalue weighted by Gasteiger charge is 2.14. The first-order valence-corrected chi connectivity index (χ1v) is 5.07. The van der Waals surface area contributed by atoms with Gasteiger partial charge in [0.15, 0.2) is 0 Å². The first kappa shape index (κ1) is 12.5. The van der Waals surface area contributed by atoms with Crippen molar-refractivity contribution in [3.63, 3.8) is 0 Å². The molecule has 0 heterocycles. The number of hydrogen-bond donors (Lipinski definition) is 2. The predicted octanol–water partition coefficient (Wildman–Crippen LogP) is 2.88. The van der Waals surface area contributed by atoms with Crippen molar-refractivity contribution in [2.45, 2.75) is 46.6 Å². The van der Waals surface area contributed by atoms with Gasteiger partial charge in [-0.05, 0) is 24.3 Å². The van der Waals surface area contributed by atoms with Crippen LogP contribution in [0.5, 0.6) is 0 Å². The summed E-state index contributed by atoms with van der Waals surface area (Å²) in [6, 6.07) is 0. The van der Waals surface area contributed by atoms with E-state index in [0.29, 0.717) is 5.92 Å². The zero-order valence-electron chi connectivity index (χ0n) is 9.12. The Hall–Kier alpha value is -0.500. The molecule has 0 rings (SSSR count). The Balaban J connectivity index is 4.13. The minimum atomic E-state index is -0.709. The second-order valence-corrected chi connectivity index (χ2v) is 4.05. The van der Waals surface area contributed by atoms with Gasteiger partial charge < -0.3 is 10.2 Å². The molecular formula is C11H22O2. The minimum Gasteiger partial charge on any atom is -0.510 e. The molecule has 0 radical (unpaired) electrons. The van der Waals surface area contributed by atoms with Gasteiger partial charge in [-0.2, -0.15) is 0 Å². The molecule has 0 amide bonds. The Bertz CT molecular complexity index is 161. The molecule has 0 aromatic carbocycles. The van der Waals surface area contributed by atoms with E-state index in [4.69, 9.17) is 0 Å². The monoisotopic (exact) mass is 186 g/mol. The Morgan fingerprint density at radius 3 is 2.23 bits per heavy atom. The molecule has 78 valence electrons. The predicted molar refractivity (Wildman–Crippen MR) is 55.6 cm³/mol. The lowest BCUT2D eigenvalue weighted by atomic mass is 10.00. The summed E-state index contributed by atoms with van der Waals surface area (Å²) in [5.74, 6) is 0.541. The van der Waals surface area contributed by atoms with E-state index in [1.165, 1.54) is 0 Å². The summed E-state index contributed by atoms with van der Waals surface area (Å²) >= 11 is 0. The van der Waals surface area contributed by atoms with Crippen LogP contribution >= 0.6 is 0 Å². The van der Waals surface area contributed by atoms with Gasteiger partial charge in [-0.15, -0.1) is 0 Å². The zero-order chi connectivity index (χ0) is 10.4.